The van der Waals surface area contributed by atoms with Gasteiger partial charge in [0.05, 0.1) is 13.7 Å². The molecule has 0 atom stereocenters. The second kappa shape index (κ2) is 10.5. The molecule has 3 rings (SSSR count). The lowest BCUT2D eigenvalue weighted by Gasteiger charge is -2.42. The molecule has 0 fully saturated rings. The quantitative estimate of drug-likeness (QED) is 0.371. The molecule has 1 N–H and O–H groups in total. The molecule has 0 aromatic heterocycles. The Labute approximate surface area is 187 Å². The summed E-state index contributed by atoms with van der Waals surface area (Å²) in [5, 5.41) is 6.00. The van der Waals surface area contributed by atoms with E-state index >= 15 is 0 Å². The van der Waals surface area contributed by atoms with Crippen LogP contribution in [0.4, 0.5) is 5.69 Å². The highest BCUT2D eigenvalue weighted by molar-refractivity contribution is 6.99. The van der Waals surface area contributed by atoms with Gasteiger partial charge in [0.25, 0.3) is 8.32 Å². The molecule has 3 aromatic carbocycles. The van der Waals surface area contributed by atoms with Crippen LogP contribution in [0.1, 0.15) is 20.8 Å². The van der Waals surface area contributed by atoms with Crippen LogP contribution < -0.4 is 20.4 Å². The van der Waals surface area contributed by atoms with Gasteiger partial charge in [-0.2, -0.15) is 0 Å². The van der Waals surface area contributed by atoms with Crippen LogP contribution >= 0.6 is 0 Å². The minimum Gasteiger partial charge on any atom is -0.497 e. The summed E-state index contributed by atoms with van der Waals surface area (Å²) in [5.74, 6) is 0.861. The van der Waals surface area contributed by atoms with Gasteiger partial charge < -0.3 is 14.5 Å². The Hall–Kier alpha value is -2.82. The standard InChI is InChI=1S/C27H33NO2Si/c1-27(2,3)31(25-13-7-5-8-14-25,26-15-9-6-10-16-26)30-22-12-11-21-28-23-17-19-24(29-4)20-18-23/h5-20,28H,21-22H2,1-4H3/b12-11-. The number of ether oxygens (including phenoxy) is 1. The van der Waals surface area contributed by atoms with Crippen LogP contribution in [-0.4, -0.2) is 28.6 Å². The molecule has 162 valence electrons. The smallest absolute Gasteiger partial charge is 0.261 e. The van der Waals surface area contributed by atoms with E-state index in [0.717, 1.165) is 18.0 Å². The highest BCUT2D eigenvalue weighted by Gasteiger charge is 2.49. The maximum Gasteiger partial charge on any atom is 0.261 e. The van der Waals surface area contributed by atoms with Gasteiger partial charge in [0.1, 0.15) is 5.75 Å². The van der Waals surface area contributed by atoms with Gasteiger partial charge in [-0.1, -0.05) is 93.6 Å². The number of rotatable bonds is 9. The van der Waals surface area contributed by atoms with Crippen molar-refractivity contribution in [2.75, 3.05) is 25.6 Å². The number of benzene rings is 3. The van der Waals surface area contributed by atoms with Gasteiger partial charge in [-0.15, -0.1) is 0 Å². The summed E-state index contributed by atoms with van der Waals surface area (Å²) >= 11 is 0. The zero-order chi connectivity index (χ0) is 22.2. The molecule has 0 saturated carbocycles. The highest BCUT2D eigenvalue weighted by Crippen LogP contribution is 2.36. The number of anilines is 1. The second-order valence-corrected chi connectivity index (χ2v) is 12.9. The predicted molar refractivity (Wildman–Crippen MR) is 134 cm³/mol. The molecule has 0 bridgehead atoms. The van der Waals surface area contributed by atoms with Gasteiger partial charge in [0, 0.05) is 12.2 Å². The van der Waals surface area contributed by atoms with Crippen LogP contribution in [0.2, 0.25) is 5.04 Å². The molecule has 0 aliphatic rings. The Morgan fingerprint density at radius 3 is 1.81 bits per heavy atom. The van der Waals surface area contributed by atoms with Crippen molar-refractivity contribution in [2.45, 2.75) is 25.8 Å². The third-order valence-electron chi connectivity index (χ3n) is 5.49. The van der Waals surface area contributed by atoms with Crippen molar-refractivity contribution < 1.29 is 9.16 Å². The van der Waals surface area contributed by atoms with Gasteiger partial charge in [-0.25, -0.2) is 0 Å². The minimum atomic E-state index is -2.47. The molecule has 31 heavy (non-hydrogen) atoms. The minimum absolute atomic E-state index is 0.00904. The average Bonchev–Trinajstić information content (AvgIpc) is 2.79. The number of nitrogens with one attached hydrogen (secondary N) is 1. The van der Waals surface area contributed by atoms with E-state index in [1.54, 1.807) is 7.11 Å². The fourth-order valence-corrected chi connectivity index (χ4v) is 8.47. The molecule has 0 spiro atoms. The van der Waals surface area contributed by atoms with Gasteiger partial charge in [0.15, 0.2) is 0 Å². The molecule has 0 aliphatic heterocycles. The Balaban J connectivity index is 1.74. The van der Waals surface area contributed by atoms with Crippen LogP contribution in [0.3, 0.4) is 0 Å². The monoisotopic (exact) mass is 431 g/mol. The van der Waals surface area contributed by atoms with Gasteiger partial charge in [0.2, 0.25) is 0 Å². The molecular formula is C27H33NO2Si. The largest absolute Gasteiger partial charge is 0.497 e. The van der Waals surface area contributed by atoms with Crippen molar-refractivity contribution >= 4 is 24.4 Å². The third kappa shape index (κ3) is 5.46. The van der Waals surface area contributed by atoms with Crippen LogP contribution in [0, 0.1) is 0 Å². The molecular weight excluding hydrogens is 398 g/mol. The second-order valence-electron chi connectivity index (χ2n) is 8.56. The molecule has 0 heterocycles. The lowest BCUT2D eigenvalue weighted by atomic mass is 10.2. The van der Waals surface area contributed by atoms with E-state index in [9.17, 15) is 0 Å². The maximum atomic E-state index is 6.86. The van der Waals surface area contributed by atoms with E-state index in [2.05, 4.69) is 98.9 Å². The highest BCUT2D eigenvalue weighted by atomic mass is 28.4. The average molecular weight is 432 g/mol. The van der Waals surface area contributed by atoms with Crippen molar-refractivity contribution in [1.29, 1.82) is 0 Å². The Bertz CT molecular complexity index is 909. The molecule has 3 nitrogen and oxygen atoms in total. The number of hydrogen-bond donors (Lipinski definition) is 1. The fraction of sp³-hybridized carbons (Fsp3) is 0.259. The third-order valence-corrected chi connectivity index (χ3v) is 10.5. The molecule has 3 aromatic rings. The summed E-state index contributed by atoms with van der Waals surface area (Å²) in [6.07, 6.45) is 4.25. The van der Waals surface area contributed by atoms with E-state index in [0.29, 0.717) is 6.61 Å². The zero-order valence-corrected chi connectivity index (χ0v) is 20.0. The Morgan fingerprint density at radius 2 is 1.32 bits per heavy atom. The van der Waals surface area contributed by atoms with E-state index in [1.165, 1.54) is 10.4 Å². The predicted octanol–water partition coefficient (Wildman–Crippen LogP) is 5.24. The van der Waals surface area contributed by atoms with Gasteiger partial charge >= 0.3 is 0 Å². The SMILES string of the molecule is COc1ccc(NC/C=C\CO[Si](c2ccccc2)(c2ccccc2)C(C)(C)C)cc1. The first-order valence-electron chi connectivity index (χ1n) is 10.8. The Kier molecular flexibility index (Phi) is 7.72. The van der Waals surface area contributed by atoms with Gasteiger partial charge in [-0.05, 0) is 39.7 Å². The Morgan fingerprint density at radius 1 is 0.774 bits per heavy atom. The summed E-state index contributed by atoms with van der Waals surface area (Å²) in [5.41, 5.74) is 1.07. The topological polar surface area (TPSA) is 30.5 Å². The lowest BCUT2D eigenvalue weighted by Crippen LogP contribution is -2.66. The number of hydrogen-bond acceptors (Lipinski definition) is 3. The maximum absolute atomic E-state index is 6.86. The zero-order valence-electron chi connectivity index (χ0n) is 19.0. The summed E-state index contributed by atoms with van der Waals surface area (Å²) in [7, 11) is -0.792. The molecule has 0 unspecified atom stereocenters. The normalized spacial score (nSPS) is 12.1. The van der Waals surface area contributed by atoms with Crippen molar-refractivity contribution in [3.8, 4) is 5.75 Å². The van der Waals surface area contributed by atoms with Crippen molar-refractivity contribution in [3.63, 3.8) is 0 Å². The fourth-order valence-electron chi connectivity index (χ4n) is 3.97. The summed E-state index contributed by atoms with van der Waals surface area (Å²) in [6, 6.07) is 29.4. The summed E-state index contributed by atoms with van der Waals surface area (Å²) in [6.45, 7) is 8.23. The summed E-state index contributed by atoms with van der Waals surface area (Å²) in [4.78, 5) is 0. The van der Waals surface area contributed by atoms with E-state index in [1.807, 2.05) is 24.3 Å². The van der Waals surface area contributed by atoms with Crippen molar-refractivity contribution in [2.24, 2.45) is 0 Å². The first kappa shape index (κ1) is 22.9. The van der Waals surface area contributed by atoms with E-state index < -0.39 is 8.32 Å². The van der Waals surface area contributed by atoms with E-state index in [-0.39, 0.29) is 5.04 Å². The van der Waals surface area contributed by atoms with Gasteiger partial charge in [-0.3, -0.25) is 0 Å². The number of methoxy groups -OCH3 is 1. The molecule has 0 saturated heterocycles. The summed E-state index contributed by atoms with van der Waals surface area (Å²) < 4.78 is 12.1. The van der Waals surface area contributed by atoms with Crippen molar-refractivity contribution in [3.05, 3.63) is 97.1 Å². The first-order valence-corrected chi connectivity index (χ1v) is 12.7. The van der Waals surface area contributed by atoms with Crippen LogP contribution in [-0.2, 0) is 4.43 Å². The molecule has 0 aliphatic carbocycles. The lowest BCUT2D eigenvalue weighted by molar-refractivity contribution is 0.339. The van der Waals surface area contributed by atoms with Crippen LogP contribution in [0.5, 0.6) is 5.75 Å². The van der Waals surface area contributed by atoms with Crippen LogP contribution in [0.15, 0.2) is 97.1 Å². The van der Waals surface area contributed by atoms with Crippen molar-refractivity contribution in [1.82, 2.24) is 0 Å². The van der Waals surface area contributed by atoms with Crippen LogP contribution in [0.25, 0.3) is 0 Å². The first-order chi connectivity index (χ1) is 15.0. The molecule has 4 heteroatoms. The molecule has 0 amide bonds. The molecule has 0 radical (unpaired) electrons. The van der Waals surface area contributed by atoms with E-state index in [4.69, 9.17) is 9.16 Å².